The molecule has 0 bridgehead atoms. The van der Waals surface area contributed by atoms with E-state index in [4.69, 9.17) is 14.2 Å². The molecule has 3 aromatic rings. The Bertz CT molecular complexity index is 1580. The van der Waals surface area contributed by atoms with E-state index >= 15 is 0 Å². The SMILES string of the molecule is C=CCc1cc(/C=c2/sc3n(c2=O)[C@H](c2cc(OC)ccc2OC)C(C(=O)OCC)=C(C)N=3)ccc1O. The predicted octanol–water partition coefficient (Wildman–Crippen LogP) is 3.25. The lowest BCUT2D eigenvalue weighted by molar-refractivity contribution is -0.139. The van der Waals surface area contributed by atoms with Crippen molar-refractivity contribution in [3.05, 3.63) is 96.7 Å². The Morgan fingerprint density at radius 2 is 2.00 bits per heavy atom. The molecule has 0 unspecified atom stereocenters. The highest BCUT2D eigenvalue weighted by atomic mass is 32.1. The Morgan fingerprint density at radius 1 is 1.22 bits per heavy atom. The number of hydrogen-bond donors (Lipinski definition) is 1. The van der Waals surface area contributed by atoms with Crippen molar-refractivity contribution in [1.82, 2.24) is 4.57 Å². The minimum absolute atomic E-state index is 0.165. The fourth-order valence-corrected chi connectivity index (χ4v) is 5.35. The van der Waals surface area contributed by atoms with E-state index in [-0.39, 0.29) is 23.5 Å². The second-order valence-electron chi connectivity index (χ2n) is 8.29. The maximum Gasteiger partial charge on any atom is 0.338 e. The molecule has 1 aliphatic rings. The van der Waals surface area contributed by atoms with Crippen LogP contribution in [0.4, 0.5) is 0 Å². The number of esters is 1. The monoisotopic (exact) mass is 520 g/mol. The molecule has 2 heterocycles. The van der Waals surface area contributed by atoms with Crippen LogP contribution in [0.2, 0.25) is 0 Å². The molecule has 0 fully saturated rings. The number of fused-ring (bicyclic) bond motifs is 1. The van der Waals surface area contributed by atoms with Crippen LogP contribution in [0.25, 0.3) is 6.08 Å². The molecule has 0 aliphatic carbocycles. The van der Waals surface area contributed by atoms with Crippen LogP contribution in [0.3, 0.4) is 0 Å². The summed E-state index contributed by atoms with van der Waals surface area (Å²) in [5.41, 5.74) is 2.42. The van der Waals surface area contributed by atoms with Crippen molar-refractivity contribution in [2.24, 2.45) is 4.99 Å². The number of aromatic nitrogens is 1. The zero-order valence-electron chi connectivity index (χ0n) is 21.1. The van der Waals surface area contributed by atoms with Gasteiger partial charge in [0.2, 0.25) is 0 Å². The summed E-state index contributed by atoms with van der Waals surface area (Å²) >= 11 is 1.22. The molecule has 0 saturated heterocycles. The van der Waals surface area contributed by atoms with Gasteiger partial charge >= 0.3 is 5.97 Å². The second kappa shape index (κ2) is 10.9. The zero-order chi connectivity index (χ0) is 26.7. The third-order valence-corrected chi connectivity index (χ3v) is 7.00. The molecule has 0 amide bonds. The van der Waals surface area contributed by atoms with Crippen molar-refractivity contribution < 1.29 is 24.1 Å². The molecule has 0 radical (unpaired) electrons. The first-order valence-electron chi connectivity index (χ1n) is 11.7. The lowest BCUT2D eigenvalue weighted by Crippen LogP contribution is -2.40. The first-order valence-corrected chi connectivity index (χ1v) is 12.5. The Labute approximate surface area is 218 Å². The molecule has 192 valence electrons. The van der Waals surface area contributed by atoms with Gasteiger partial charge in [-0.05, 0) is 67.8 Å². The zero-order valence-corrected chi connectivity index (χ0v) is 21.9. The third kappa shape index (κ3) is 4.95. The number of nitrogens with zero attached hydrogens (tertiary/aromatic N) is 2. The van der Waals surface area contributed by atoms with E-state index in [2.05, 4.69) is 11.6 Å². The van der Waals surface area contributed by atoms with Gasteiger partial charge in [-0.1, -0.05) is 23.5 Å². The first-order chi connectivity index (χ1) is 17.8. The quantitative estimate of drug-likeness (QED) is 0.362. The van der Waals surface area contributed by atoms with Crippen LogP contribution in [0.15, 0.2) is 70.1 Å². The van der Waals surface area contributed by atoms with Crippen LogP contribution >= 0.6 is 11.3 Å². The summed E-state index contributed by atoms with van der Waals surface area (Å²) in [6.07, 6.45) is 3.94. The molecular formula is C28H28N2O6S. The number of carbonyl (C=O) groups excluding carboxylic acids is 1. The lowest BCUT2D eigenvalue weighted by Gasteiger charge is -2.26. The van der Waals surface area contributed by atoms with E-state index in [9.17, 15) is 14.7 Å². The van der Waals surface area contributed by atoms with Gasteiger partial charge in [0.15, 0.2) is 4.80 Å². The number of benzene rings is 2. The van der Waals surface area contributed by atoms with Crippen LogP contribution in [0.1, 0.15) is 36.6 Å². The molecule has 9 heteroatoms. The molecule has 8 nitrogen and oxygen atoms in total. The fourth-order valence-electron chi connectivity index (χ4n) is 4.30. The van der Waals surface area contributed by atoms with Crippen LogP contribution in [-0.2, 0) is 16.0 Å². The largest absolute Gasteiger partial charge is 0.508 e. The van der Waals surface area contributed by atoms with Crippen molar-refractivity contribution >= 4 is 23.4 Å². The maximum atomic E-state index is 13.8. The Morgan fingerprint density at radius 3 is 2.68 bits per heavy atom. The normalized spacial score (nSPS) is 15.1. The molecular weight excluding hydrogens is 492 g/mol. The van der Waals surface area contributed by atoms with Gasteiger partial charge in [-0.15, -0.1) is 6.58 Å². The topological polar surface area (TPSA) is 99.4 Å². The maximum absolute atomic E-state index is 13.8. The van der Waals surface area contributed by atoms with Crippen molar-refractivity contribution in [3.63, 3.8) is 0 Å². The summed E-state index contributed by atoms with van der Waals surface area (Å²) in [7, 11) is 3.07. The Kier molecular flexibility index (Phi) is 7.63. The van der Waals surface area contributed by atoms with E-state index < -0.39 is 12.0 Å². The molecule has 1 aliphatic heterocycles. The number of thiazole rings is 1. The highest BCUT2D eigenvalue weighted by molar-refractivity contribution is 7.07. The Hall–Kier alpha value is -4.11. The first kappa shape index (κ1) is 26.0. The summed E-state index contributed by atoms with van der Waals surface area (Å²) in [5, 5.41) is 10.1. The average Bonchev–Trinajstić information content (AvgIpc) is 3.19. The van der Waals surface area contributed by atoms with Crippen LogP contribution < -0.4 is 24.4 Å². The van der Waals surface area contributed by atoms with Crippen molar-refractivity contribution in [2.75, 3.05) is 20.8 Å². The number of methoxy groups -OCH3 is 2. The van der Waals surface area contributed by atoms with Gasteiger partial charge in [0.05, 0.1) is 36.6 Å². The van der Waals surface area contributed by atoms with E-state index in [0.29, 0.717) is 44.1 Å². The fraction of sp³-hybridized carbons (Fsp3) is 0.250. The highest BCUT2D eigenvalue weighted by Gasteiger charge is 2.35. The molecule has 0 saturated carbocycles. The van der Waals surface area contributed by atoms with Crippen molar-refractivity contribution in [3.8, 4) is 17.2 Å². The second-order valence-corrected chi connectivity index (χ2v) is 9.30. The lowest BCUT2D eigenvalue weighted by atomic mass is 9.94. The van der Waals surface area contributed by atoms with Gasteiger partial charge in [0.25, 0.3) is 5.56 Å². The number of aromatic hydroxyl groups is 1. The molecule has 37 heavy (non-hydrogen) atoms. The molecule has 2 aromatic carbocycles. The van der Waals surface area contributed by atoms with E-state index in [1.165, 1.54) is 23.0 Å². The van der Waals surface area contributed by atoms with Gasteiger partial charge in [0, 0.05) is 5.56 Å². The van der Waals surface area contributed by atoms with Crippen LogP contribution in [0.5, 0.6) is 17.2 Å². The van der Waals surface area contributed by atoms with Gasteiger partial charge in [0.1, 0.15) is 23.3 Å². The average molecular weight is 521 g/mol. The summed E-state index contributed by atoms with van der Waals surface area (Å²) in [4.78, 5) is 32.0. The van der Waals surface area contributed by atoms with Gasteiger partial charge in [-0.25, -0.2) is 9.79 Å². The molecule has 0 spiro atoms. The predicted molar refractivity (Wildman–Crippen MR) is 142 cm³/mol. The minimum atomic E-state index is -0.835. The summed E-state index contributed by atoms with van der Waals surface area (Å²) in [5.74, 6) is 0.651. The standard InChI is InChI=1S/C28H28N2O6S/c1-6-8-18-13-17(9-11-21(18)31)14-23-26(32)30-25(20-15-19(34-4)10-12-22(20)35-5)24(27(33)36-7-2)16(3)29-28(30)37-23/h6,9-15,25,31H,1,7-8H2,2-5H3/b23-14+/t25-/m1/s1. The van der Waals surface area contributed by atoms with Gasteiger partial charge in [-0.3, -0.25) is 9.36 Å². The number of phenolic OH excluding ortho intramolecular Hbond substituents is 1. The summed E-state index contributed by atoms with van der Waals surface area (Å²) in [6.45, 7) is 7.36. The molecule has 4 rings (SSSR count). The van der Waals surface area contributed by atoms with E-state index in [0.717, 1.165) is 5.56 Å². The van der Waals surface area contributed by atoms with E-state index in [1.807, 2.05) is 6.07 Å². The molecule has 1 N–H and O–H groups in total. The number of ether oxygens (including phenoxy) is 3. The number of hydrogen-bond acceptors (Lipinski definition) is 8. The van der Waals surface area contributed by atoms with E-state index in [1.54, 1.807) is 63.4 Å². The van der Waals surface area contributed by atoms with Crippen LogP contribution in [-0.4, -0.2) is 36.5 Å². The molecule has 1 atom stereocenters. The van der Waals surface area contributed by atoms with Crippen molar-refractivity contribution in [1.29, 1.82) is 0 Å². The van der Waals surface area contributed by atoms with Gasteiger partial charge < -0.3 is 19.3 Å². The molecule has 1 aromatic heterocycles. The summed E-state index contributed by atoms with van der Waals surface area (Å²) in [6, 6.07) is 9.54. The number of rotatable bonds is 8. The summed E-state index contributed by atoms with van der Waals surface area (Å²) < 4.78 is 18.3. The number of allylic oxidation sites excluding steroid dienone is 2. The smallest absolute Gasteiger partial charge is 0.338 e. The number of phenols is 1. The van der Waals surface area contributed by atoms with Gasteiger partial charge in [-0.2, -0.15) is 0 Å². The highest BCUT2D eigenvalue weighted by Crippen LogP contribution is 2.37. The third-order valence-electron chi connectivity index (χ3n) is 6.01. The number of carbonyl (C=O) groups is 1. The van der Waals surface area contributed by atoms with Crippen LogP contribution in [0, 0.1) is 0 Å². The minimum Gasteiger partial charge on any atom is -0.508 e. The Balaban J connectivity index is 1.99. The van der Waals surface area contributed by atoms with Crippen molar-refractivity contribution in [2.45, 2.75) is 26.3 Å².